The van der Waals surface area contributed by atoms with Crippen LogP contribution in [0.3, 0.4) is 0 Å². The van der Waals surface area contributed by atoms with Gasteiger partial charge in [0.25, 0.3) is 5.91 Å². The molecule has 0 saturated carbocycles. The molecule has 1 aromatic carbocycles. The van der Waals surface area contributed by atoms with Crippen molar-refractivity contribution in [3.8, 4) is 5.69 Å². The smallest absolute Gasteiger partial charge is 0.434 e. The first kappa shape index (κ1) is 17.9. The van der Waals surface area contributed by atoms with Gasteiger partial charge in [-0.1, -0.05) is 0 Å². The normalized spacial score (nSPS) is 15.0. The van der Waals surface area contributed by atoms with Gasteiger partial charge in [0.2, 0.25) is 0 Å². The van der Waals surface area contributed by atoms with Gasteiger partial charge in [0.05, 0.1) is 18.0 Å². The Morgan fingerprint density at radius 1 is 1.23 bits per heavy atom. The summed E-state index contributed by atoms with van der Waals surface area (Å²) in [6.07, 6.45) is -4.26. The first-order valence-corrected chi connectivity index (χ1v) is 7.53. The van der Waals surface area contributed by atoms with E-state index in [1.807, 2.05) is 0 Å². The molecule has 1 fully saturated rings. The number of halogens is 3. The summed E-state index contributed by atoms with van der Waals surface area (Å²) in [6.45, 7) is 0.910. The zero-order chi connectivity index (χ0) is 19.1. The maximum absolute atomic E-state index is 13.2. The molecule has 0 spiro atoms. The number of carboxylic acids is 1. The lowest BCUT2D eigenvalue weighted by Gasteiger charge is -2.38. The van der Waals surface area contributed by atoms with Crippen LogP contribution in [-0.4, -0.2) is 58.0 Å². The minimum atomic E-state index is -4.90. The Labute approximate surface area is 145 Å². The Morgan fingerprint density at radius 3 is 2.35 bits per heavy atom. The van der Waals surface area contributed by atoms with Crippen LogP contribution >= 0.6 is 0 Å². The van der Waals surface area contributed by atoms with Gasteiger partial charge < -0.3 is 14.7 Å². The van der Waals surface area contributed by atoms with Gasteiger partial charge in [-0.3, -0.25) is 4.79 Å². The molecule has 1 aromatic heterocycles. The van der Waals surface area contributed by atoms with Crippen molar-refractivity contribution in [2.75, 3.05) is 20.2 Å². The van der Waals surface area contributed by atoms with Crippen LogP contribution in [0.25, 0.3) is 5.69 Å². The van der Waals surface area contributed by atoms with Crippen LogP contribution in [0.15, 0.2) is 30.5 Å². The highest BCUT2D eigenvalue weighted by molar-refractivity contribution is 5.95. The molecular weight excluding hydrogens is 355 g/mol. The van der Waals surface area contributed by atoms with E-state index in [9.17, 15) is 22.8 Å². The molecule has 0 bridgehead atoms. The number of amides is 1. The van der Waals surface area contributed by atoms with E-state index in [0.717, 1.165) is 0 Å². The van der Waals surface area contributed by atoms with Gasteiger partial charge in [-0.2, -0.15) is 18.3 Å². The lowest BCUT2D eigenvalue weighted by Crippen LogP contribution is -2.54. The fraction of sp³-hybridized carbons (Fsp3) is 0.312. The molecule has 1 aliphatic rings. The first-order valence-electron chi connectivity index (χ1n) is 7.53. The van der Waals surface area contributed by atoms with Gasteiger partial charge in [-0.25, -0.2) is 9.48 Å². The van der Waals surface area contributed by atoms with Gasteiger partial charge in [0.15, 0.2) is 5.69 Å². The van der Waals surface area contributed by atoms with Crippen LogP contribution in [-0.2, 0) is 10.9 Å². The molecule has 1 N–H and O–H groups in total. The van der Waals surface area contributed by atoms with E-state index in [1.165, 1.54) is 24.3 Å². The average Bonchev–Trinajstić information content (AvgIpc) is 2.99. The van der Waals surface area contributed by atoms with Gasteiger partial charge in [0.1, 0.15) is 5.56 Å². The zero-order valence-corrected chi connectivity index (χ0v) is 13.5. The minimum Gasteiger partial charge on any atom is -0.478 e. The molecule has 1 saturated heterocycles. The van der Waals surface area contributed by atoms with Crippen molar-refractivity contribution in [3.63, 3.8) is 0 Å². The van der Waals surface area contributed by atoms with Crippen LogP contribution in [0.5, 0.6) is 0 Å². The molecule has 0 radical (unpaired) electrons. The average molecular weight is 369 g/mol. The van der Waals surface area contributed by atoms with Crippen molar-refractivity contribution in [2.24, 2.45) is 0 Å². The van der Waals surface area contributed by atoms with Crippen molar-refractivity contribution < 1.29 is 32.6 Å². The summed E-state index contributed by atoms with van der Waals surface area (Å²) in [4.78, 5) is 24.8. The van der Waals surface area contributed by atoms with Gasteiger partial charge in [-0.15, -0.1) is 0 Å². The summed E-state index contributed by atoms with van der Waals surface area (Å²) >= 11 is 0. The SMILES string of the molecule is COC1CN(C(=O)c2ccc(-n3ncc(C(=O)O)c3C(F)(F)F)cc2)C1. The Morgan fingerprint density at radius 2 is 1.85 bits per heavy atom. The van der Waals surface area contributed by atoms with Crippen LogP contribution in [0, 0.1) is 0 Å². The van der Waals surface area contributed by atoms with E-state index in [1.54, 1.807) is 12.0 Å². The largest absolute Gasteiger partial charge is 0.478 e. The number of carbonyl (C=O) groups is 2. The van der Waals surface area contributed by atoms with E-state index >= 15 is 0 Å². The molecule has 138 valence electrons. The molecule has 1 aliphatic heterocycles. The van der Waals surface area contributed by atoms with Crippen molar-refractivity contribution in [2.45, 2.75) is 12.3 Å². The number of alkyl halides is 3. The molecule has 0 unspecified atom stereocenters. The number of hydrogen-bond acceptors (Lipinski definition) is 4. The van der Waals surface area contributed by atoms with E-state index < -0.39 is 23.4 Å². The Bertz CT molecular complexity index is 839. The molecule has 7 nitrogen and oxygen atoms in total. The number of benzene rings is 1. The fourth-order valence-corrected chi connectivity index (χ4v) is 2.65. The Kier molecular flexibility index (Phi) is 4.45. The highest BCUT2D eigenvalue weighted by Crippen LogP contribution is 2.33. The predicted molar refractivity (Wildman–Crippen MR) is 82.2 cm³/mol. The van der Waals surface area contributed by atoms with E-state index in [4.69, 9.17) is 9.84 Å². The van der Waals surface area contributed by atoms with Crippen LogP contribution < -0.4 is 0 Å². The lowest BCUT2D eigenvalue weighted by molar-refractivity contribution is -0.143. The molecule has 0 aliphatic carbocycles. The van der Waals surface area contributed by atoms with Crippen molar-refractivity contribution in [1.29, 1.82) is 0 Å². The van der Waals surface area contributed by atoms with Crippen LogP contribution in [0.2, 0.25) is 0 Å². The molecule has 3 rings (SSSR count). The molecule has 0 atom stereocenters. The highest BCUT2D eigenvalue weighted by atomic mass is 19.4. The second-order valence-electron chi connectivity index (χ2n) is 5.74. The van der Waals surface area contributed by atoms with E-state index in [-0.39, 0.29) is 17.7 Å². The number of aromatic nitrogens is 2. The summed E-state index contributed by atoms with van der Waals surface area (Å²) < 4.78 is 45.3. The van der Waals surface area contributed by atoms with Gasteiger partial charge >= 0.3 is 12.1 Å². The minimum absolute atomic E-state index is 0.000229. The molecular formula is C16H14F3N3O4. The number of carbonyl (C=O) groups excluding carboxylic acids is 1. The molecule has 10 heteroatoms. The maximum Gasteiger partial charge on any atom is 0.434 e. The second kappa shape index (κ2) is 6.45. The summed E-state index contributed by atoms with van der Waals surface area (Å²) in [5.74, 6) is -1.98. The number of methoxy groups -OCH3 is 1. The summed E-state index contributed by atoms with van der Waals surface area (Å²) in [7, 11) is 1.55. The Hall–Kier alpha value is -2.88. The van der Waals surface area contributed by atoms with E-state index in [0.29, 0.717) is 29.5 Å². The molecule has 2 aromatic rings. The van der Waals surface area contributed by atoms with E-state index in [2.05, 4.69) is 5.10 Å². The number of nitrogens with zero attached hydrogens (tertiary/aromatic N) is 3. The topological polar surface area (TPSA) is 84.7 Å². The van der Waals surface area contributed by atoms with Crippen molar-refractivity contribution >= 4 is 11.9 Å². The first-order chi connectivity index (χ1) is 12.2. The number of likely N-dealkylation sites (tertiary alicyclic amines) is 1. The van der Waals surface area contributed by atoms with Crippen molar-refractivity contribution in [1.82, 2.24) is 14.7 Å². The molecule has 26 heavy (non-hydrogen) atoms. The summed E-state index contributed by atoms with van der Waals surface area (Å²) in [5, 5.41) is 12.5. The summed E-state index contributed by atoms with van der Waals surface area (Å²) in [6, 6.07) is 5.32. The number of carboxylic acid groups (broad SMARTS) is 1. The van der Waals surface area contributed by atoms with Gasteiger partial charge in [-0.05, 0) is 24.3 Å². The van der Waals surface area contributed by atoms with Crippen LogP contribution in [0.4, 0.5) is 13.2 Å². The zero-order valence-electron chi connectivity index (χ0n) is 13.5. The number of rotatable bonds is 4. The third kappa shape index (κ3) is 3.15. The summed E-state index contributed by atoms with van der Waals surface area (Å²) in [5.41, 5.74) is -2.01. The fourth-order valence-electron chi connectivity index (χ4n) is 2.65. The number of aromatic carboxylic acids is 1. The van der Waals surface area contributed by atoms with Crippen molar-refractivity contribution in [3.05, 3.63) is 47.3 Å². The molecule has 1 amide bonds. The number of hydrogen-bond donors (Lipinski definition) is 1. The highest BCUT2D eigenvalue weighted by Gasteiger charge is 2.40. The van der Waals surface area contributed by atoms with Gasteiger partial charge in [0, 0.05) is 25.8 Å². The second-order valence-corrected chi connectivity index (χ2v) is 5.74. The third-order valence-electron chi connectivity index (χ3n) is 4.10. The lowest BCUT2D eigenvalue weighted by atomic mass is 10.1. The molecule has 2 heterocycles. The maximum atomic E-state index is 13.2. The quantitative estimate of drug-likeness (QED) is 0.892. The standard InChI is InChI=1S/C16H14F3N3O4/c1-26-11-7-21(8-11)14(23)9-2-4-10(5-3-9)22-13(16(17,18)19)12(6-20-22)15(24)25/h2-6,11H,7-8H2,1H3,(H,24,25). The predicted octanol–water partition coefficient (Wildman–Crippen LogP) is 2.06. The monoisotopic (exact) mass is 369 g/mol. The Balaban J connectivity index is 1.88. The number of ether oxygens (including phenoxy) is 1. The van der Waals surface area contributed by atoms with Crippen LogP contribution in [0.1, 0.15) is 26.4 Å². The third-order valence-corrected chi connectivity index (χ3v) is 4.10.